The molecule has 2 aromatic rings. The van der Waals surface area contributed by atoms with E-state index >= 15 is 0 Å². The number of fused-ring (bicyclic) bond motifs is 1. The minimum atomic E-state index is 0.682. The molecule has 1 aliphatic heterocycles. The third kappa shape index (κ3) is 4.20. The van der Waals surface area contributed by atoms with Crippen molar-refractivity contribution in [2.75, 3.05) is 25.6 Å². The van der Waals surface area contributed by atoms with Gasteiger partial charge >= 0.3 is 0 Å². The number of anilines is 1. The van der Waals surface area contributed by atoms with E-state index in [-0.39, 0.29) is 0 Å². The van der Waals surface area contributed by atoms with E-state index in [0.717, 1.165) is 42.5 Å². The molecule has 1 aromatic carbocycles. The van der Waals surface area contributed by atoms with Gasteiger partial charge in [-0.3, -0.25) is 4.99 Å². The van der Waals surface area contributed by atoms with Crippen LogP contribution < -0.4 is 20.1 Å². The van der Waals surface area contributed by atoms with Gasteiger partial charge < -0.3 is 20.1 Å². The lowest BCUT2D eigenvalue weighted by molar-refractivity contribution is 0.297. The number of benzene rings is 1. The second-order valence-electron chi connectivity index (χ2n) is 5.48. The van der Waals surface area contributed by atoms with E-state index in [9.17, 15) is 0 Å². The molecular formula is C18H23N3O2S. The molecule has 6 heteroatoms. The number of aryl methyl sites for hydroxylation is 1. The van der Waals surface area contributed by atoms with Crippen LogP contribution in [-0.4, -0.2) is 26.2 Å². The molecular weight excluding hydrogens is 322 g/mol. The lowest BCUT2D eigenvalue weighted by atomic mass is 10.3. The molecule has 0 saturated heterocycles. The summed E-state index contributed by atoms with van der Waals surface area (Å²) in [5, 5.41) is 6.64. The van der Waals surface area contributed by atoms with Crippen LogP contribution in [0.25, 0.3) is 0 Å². The average molecular weight is 345 g/mol. The zero-order valence-electron chi connectivity index (χ0n) is 14.1. The SMILES string of the molecule is CCc1ccc(CNC(=NC)Nc2ccc3c(c2)OCCCO3)s1. The molecule has 128 valence electrons. The smallest absolute Gasteiger partial charge is 0.195 e. The van der Waals surface area contributed by atoms with Gasteiger partial charge in [0.2, 0.25) is 0 Å². The summed E-state index contributed by atoms with van der Waals surface area (Å²) in [6.07, 6.45) is 1.98. The van der Waals surface area contributed by atoms with E-state index in [2.05, 4.69) is 34.7 Å². The number of hydrogen-bond acceptors (Lipinski definition) is 4. The maximum absolute atomic E-state index is 5.73. The summed E-state index contributed by atoms with van der Waals surface area (Å²) in [6, 6.07) is 10.2. The first-order chi connectivity index (χ1) is 11.8. The van der Waals surface area contributed by atoms with Gasteiger partial charge in [-0.2, -0.15) is 0 Å². The van der Waals surface area contributed by atoms with Gasteiger partial charge in [0.1, 0.15) is 0 Å². The molecule has 0 saturated carbocycles. The molecule has 0 bridgehead atoms. The molecule has 0 atom stereocenters. The van der Waals surface area contributed by atoms with E-state index in [0.29, 0.717) is 13.2 Å². The number of nitrogens with zero attached hydrogens (tertiary/aromatic N) is 1. The molecule has 0 radical (unpaired) electrons. The molecule has 3 rings (SSSR count). The van der Waals surface area contributed by atoms with Crippen LogP contribution >= 0.6 is 11.3 Å². The largest absolute Gasteiger partial charge is 0.490 e. The monoisotopic (exact) mass is 345 g/mol. The van der Waals surface area contributed by atoms with E-state index in [4.69, 9.17) is 9.47 Å². The number of rotatable bonds is 4. The Hall–Kier alpha value is -2.21. The van der Waals surface area contributed by atoms with Crippen LogP contribution in [0.1, 0.15) is 23.1 Å². The molecule has 24 heavy (non-hydrogen) atoms. The molecule has 2 heterocycles. The van der Waals surface area contributed by atoms with Crippen molar-refractivity contribution in [2.45, 2.75) is 26.3 Å². The normalized spacial score (nSPS) is 14.2. The summed E-state index contributed by atoms with van der Waals surface area (Å²) < 4.78 is 11.4. The van der Waals surface area contributed by atoms with Gasteiger partial charge in [0.05, 0.1) is 19.8 Å². The van der Waals surface area contributed by atoms with Crippen molar-refractivity contribution < 1.29 is 9.47 Å². The minimum Gasteiger partial charge on any atom is -0.490 e. The lowest BCUT2D eigenvalue weighted by Crippen LogP contribution is -2.29. The van der Waals surface area contributed by atoms with Crippen molar-refractivity contribution in [3.05, 3.63) is 40.1 Å². The summed E-state index contributed by atoms with van der Waals surface area (Å²) in [6.45, 7) is 4.31. The summed E-state index contributed by atoms with van der Waals surface area (Å²) in [7, 11) is 1.77. The van der Waals surface area contributed by atoms with E-state index in [1.165, 1.54) is 9.75 Å². The number of guanidine groups is 1. The van der Waals surface area contributed by atoms with E-state index in [1.54, 1.807) is 7.05 Å². The fourth-order valence-corrected chi connectivity index (χ4v) is 3.33. The highest BCUT2D eigenvalue weighted by Gasteiger charge is 2.11. The van der Waals surface area contributed by atoms with Crippen LogP contribution in [0.2, 0.25) is 0 Å². The molecule has 2 N–H and O–H groups in total. The van der Waals surface area contributed by atoms with Gasteiger partial charge in [-0.1, -0.05) is 6.92 Å². The van der Waals surface area contributed by atoms with Gasteiger partial charge in [0.15, 0.2) is 17.5 Å². The van der Waals surface area contributed by atoms with Gasteiger partial charge in [0, 0.05) is 35.0 Å². The van der Waals surface area contributed by atoms with Crippen molar-refractivity contribution in [3.63, 3.8) is 0 Å². The number of thiophene rings is 1. The van der Waals surface area contributed by atoms with Gasteiger partial charge in [0.25, 0.3) is 0 Å². The number of ether oxygens (including phenoxy) is 2. The van der Waals surface area contributed by atoms with Crippen LogP contribution in [0.5, 0.6) is 11.5 Å². The Kier molecular flexibility index (Phi) is 5.59. The van der Waals surface area contributed by atoms with E-state index in [1.807, 2.05) is 29.5 Å². The topological polar surface area (TPSA) is 54.9 Å². The standard InChI is InChI=1S/C18H23N3O2S/c1-3-14-6-7-15(24-14)12-20-18(19-2)21-13-5-8-16-17(11-13)23-10-4-9-22-16/h5-8,11H,3-4,9-10,12H2,1-2H3,(H2,19,20,21). The predicted molar refractivity (Wildman–Crippen MR) is 99.6 cm³/mol. The maximum atomic E-state index is 5.73. The summed E-state index contributed by atoms with van der Waals surface area (Å²) in [5.74, 6) is 2.31. The van der Waals surface area contributed by atoms with Gasteiger partial charge in [-0.25, -0.2) is 0 Å². The van der Waals surface area contributed by atoms with Crippen molar-refractivity contribution in [1.29, 1.82) is 0 Å². The molecule has 0 unspecified atom stereocenters. The van der Waals surface area contributed by atoms with Gasteiger partial charge in [-0.15, -0.1) is 11.3 Å². The molecule has 1 aromatic heterocycles. The third-order valence-corrected chi connectivity index (χ3v) is 4.96. The zero-order valence-corrected chi connectivity index (χ0v) is 14.9. The Morgan fingerprint density at radius 3 is 2.67 bits per heavy atom. The molecule has 5 nitrogen and oxygen atoms in total. The second kappa shape index (κ2) is 8.06. The highest BCUT2D eigenvalue weighted by Crippen LogP contribution is 2.32. The van der Waals surface area contributed by atoms with Crippen LogP contribution in [0.15, 0.2) is 35.3 Å². The summed E-state index contributed by atoms with van der Waals surface area (Å²) in [4.78, 5) is 6.98. The second-order valence-corrected chi connectivity index (χ2v) is 6.74. The highest BCUT2D eigenvalue weighted by atomic mass is 32.1. The lowest BCUT2D eigenvalue weighted by Gasteiger charge is -2.13. The quantitative estimate of drug-likeness (QED) is 0.656. The van der Waals surface area contributed by atoms with Crippen molar-refractivity contribution in [1.82, 2.24) is 5.32 Å². The Bertz CT molecular complexity index is 712. The molecule has 0 fully saturated rings. The Morgan fingerprint density at radius 2 is 1.92 bits per heavy atom. The number of nitrogens with one attached hydrogen (secondary N) is 2. The molecule has 0 amide bonds. The fraction of sp³-hybridized carbons (Fsp3) is 0.389. The van der Waals surface area contributed by atoms with Crippen molar-refractivity contribution in [3.8, 4) is 11.5 Å². The van der Waals surface area contributed by atoms with Crippen LogP contribution in [-0.2, 0) is 13.0 Å². The zero-order chi connectivity index (χ0) is 16.8. The van der Waals surface area contributed by atoms with Crippen molar-refractivity contribution >= 4 is 23.0 Å². The first-order valence-corrected chi connectivity index (χ1v) is 9.05. The Labute approximate surface area is 146 Å². The Morgan fingerprint density at radius 1 is 1.12 bits per heavy atom. The van der Waals surface area contributed by atoms with Crippen molar-refractivity contribution in [2.24, 2.45) is 4.99 Å². The maximum Gasteiger partial charge on any atom is 0.195 e. The van der Waals surface area contributed by atoms with Crippen LogP contribution in [0.4, 0.5) is 5.69 Å². The van der Waals surface area contributed by atoms with E-state index < -0.39 is 0 Å². The molecule has 1 aliphatic rings. The van der Waals surface area contributed by atoms with Crippen LogP contribution in [0.3, 0.4) is 0 Å². The number of aliphatic imine (C=N–C) groups is 1. The average Bonchev–Trinajstić information content (AvgIpc) is 2.95. The minimum absolute atomic E-state index is 0.682. The highest BCUT2D eigenvalue weighted by molar-refractivity contribution is 7.11. The van der Waals surface area contributed by atoms with Gasteiger partial charge in [-0.05, 0) is 30.7 Å². The molecule has 0 aliphatic carbocycles. The predicted octanol–water partition coefficient (Wildman–Crippen LogP) is 3.66. The third-order valence-electron chi connectivity index (χ3n) is 3.73. The molecule has 0 spiro atoms. The first-order valence-electron chi connectivity index (χ1n) is 8.23. The fourth-order valence-electron chi connectivity index (χ4n) is 2.44. The number of hydrogen-bond donors (Lipinski definition) is 2. The first kappa shape index (κ1) is 16.6. The summed E-state index contributed by atoms with van der Waals surface area (Å²) >= 11 is 1.83. The van der Waals surface area contributed by atoms with Crippen LogP contribution in [0, 0.1) is 0 Å². The summed E-state index contributed by atoms with van der Waals surface area (Å²) in [5.41, 5.74) is 0.924. The Balaban J connectivity index is 1.61.